The van der Waals surface area contributed by atoms with E-state index < -0.39 is 18.1 Å². The van der Waals surface area contributed by atoms with Crippen molar-refractivity contribution in [2.75, 3.05) is 59.4 Å². The smallest absolute Gasteiger partial charge is 0.408 e. The molecule has 0 fully saturated rings. The second-order valence-electron chi connectivity index (χ2n) is 8.02. The minimum atomic E-state index is -1.02. The van der Waals surface area contributed by atoms with Crippen molar-refractivity contribution in [2.24, 2.45) is 0 Å². The summed E-state index contributed by atoms with van der Waals surface area (Å²) in [4.78, 5) is 35.4. The standard InChI is InChI=1S/C27H36N2O9/c30-25(31)21-37-18-17-36-16-15-35-14-13-34-12-11-28-26(32)24(19-22-7-3-1-4-8-22)29-27(33)38-20-23-9-5-2-6-10-23/h1-10,24H,11-21H2,(H,28,32)(H,29,33)(H,30,31)/t24-/m0/s1. The van der Waals surface area contributed by atoms with Gasteiger partial charge in [-0.1, -0.05) is 60.7 Å². The van der Waals surface area contributed by atoms with Crippen molar-refractivity contribution >= 4 is 18.0 Å². The molecular formula is C27H36N2O9. The van der Waals surface area contributed by atoms with E-state index in [4.69, 9.17) is 28.8 Å². The van der Waals surface area contributed by atoms with Crippen molar-refractivity contribution in [3.8, 4) is 0 Å². The van der Waals surface area contributed by atoms with Gasteiger partial charge in [-0.25, -0.2) is 9.59 Å². The molecule has 0 radical (unpaired) electrons. The maximum atomic E-state index is 12.8. The summed E-state index contributed by atoms with van der Waals surface area (Å²) < 4.78 is 26.2. The van der Waals surface area contributed by atoms with Crippen LogP contribution in [-0.2, 0) is 46.3 Å². The Hall–Kier alpha value is -3.51. The third-order valence-corrected chi connectivity index (χ3v) is 4.99. The molecule has 0 saturated carbocycles. The monoisotopic (exact) mass is 532 g/mol. The highest BCUT2D eigenvalue weighted by molar-refractivity contribution is 5.85. The Morgan fingerprint density at radius 2 is 1.24 bits per heavy atom. The van der Waals surface area contributed by atoms with Gasteiger partial charge in [0.15, 0.2) is 0 Å². The Morgan fingerprint density at radius 3 is 1.82 bits per heavy atom. The van der Waals surface area contributed by atoms with E-state index in [0.717, 1.165) is 11.1 Å². The zero-order chi connectivity index (χ0) is 27.3. The number of carbonyl (C=O) groups is 3. The molecule has 0 aliphatic rings. The maximum Gasteiger partial charge on any atom is 0.408 e. The van der Waals surface area contributed by atoms with E-state index in [2.05, 4.69) is 10.6 Å². The second kappa shape index (κ2) is 19.6. The van der Waals surface area contributed by atoms with Gasteiger partial charge in [0, 0.05) is 13.0 Å². The first-order chi connectivity index (χ1) is 18.5. The molecule has 208 valence electrons. The first-order valence-corrected chi connectivity index (χ1v) is 12.4. The van der Waals surface area contributed by atoms with Crippen molar-refractivity contribution in [3.63, 3.8) is 0 Å². The van der Waals surface area contributed by atoms with E-state index in [-0.39, 0.29) is 45.5 Å². The highest BCUT2D eigenvalue weighted by atomic mass is 16.6. The lowest BCUT2D eigenvalue weighted by Crippen LogP contribution is -2.48. The Labute approximate surface area is 222 Å². The number of benzene rings is 2. The van der Waals surface area contributed by atoms with Crippen LogP contribution in [0.1, 0.15) is 11.1 Å². The quantitative estimate of drug-likeness (QED) is 0.218. The number of carboxylic acids is 1. The van der Waals surface area contributed by atoms with Gasteiger partial charge in [-0.2, -0.15) is 0 Å². The summed E-state index contributed by atoms with van der Waals surface area (Å²) >= 11 is 0. The van der Waals surface area contributed by atoms with Crippen LogP contribution in [0, 0.1) is 0 Å². The molecule has 2 aromatic rings. The van der Waals surface area contributed by atoms with Crippen LogP contribution in [0.2, 0.25) is 0 Å². The molecule has 0 bridgehead atoms. The van der Waals surface area contributed by atoms with Gasteiger partial charge in [-0.15, -0.1) is 0 Å². The lowest BCUT2D eigenvalue weighted by Gasteiger charge is -2.18. The number of aliphatic carboxylic acids is 1. The van der Waals surface area contributed by atoms with Crippen molar-refractivity contribution in [1.29, 1.82) is 0 Å². The molecule has 2 aromatic carbocycles. The molecule has 2 rings (SSSR count). The fourth-order valence-electron chi connectivity index (χ4n) is 3.15. The predicted octanol–water partition coefficient (Wildman–Crippen LogP) is 1.79. The Morgan fingerprint density at radius 1 is 0.711 bits per heavy atom. The van der Waals surface area contributed by atoms with E-state index in [9.17, 15) is 14.4 Å². The lowest BCUT2D eigenvalue weighted by molar-refractivity contribution is -0.142. The van der Waals surface area contributed by atoms with Gasteiger partial charge in [0.2, 0.25) is 5.91 Å². The summed E-state index contributed by atoms with van der Waals surface area (Å²) in [6.45, 7) is 2.23. The zero-order valence-corrected chi connectivity index (χ0v) is 21.3. The van der Waals surface area contributed by atoms with E-state index in [1.54, 1.807) is 0 Å². The summed E-state index contributed by atoms with van der Waals surface area (Å²) in [6, 6.07) is 17.9. The molecule has 0 spiro atoms. The van der Waals surface area contributed by atoms with Gasteiger partial charge in [-0.05, 0) is 11.1 Å². The second-order valence-corrected chi connectivity index (χ2v) is 8.02. The molecule has 3 N–H and O–H groups in total. The van der Waals surface area contributed by atoms with Gasteiger partial charge < -0.3 is 39.4 Å². The third-order valence-electron chi connectivity index (χ3n) is 4.99. The first-order valence-electron chi connectivity index (χ1n) is 12.4. The largest absolute Gasteiger partial charge is 0.480 e. The number of hydrogen-bond donors (Lipinski definition) is 3. The Bertz CT molecular complexity index is 929. The van der Waals surface area contributed by atoms with Gasteiger partial charge >= 0.3 is 12.1 Å². The number of hydrogen-bond acceptors (Lipinski definition) is 8. The molecule has 0 aliphatic heterocycles. The fourth-order valence-corrected chi connectivity index (χ4v) is 3.15. The number of alkyl carbamates (subject to hydrolysis) is 1. The number of carbonyl (C=O) groups excluding carboxylic acids is 2. The summed E-state index contributed by atoms with van der Waals surface area (Å²) in [5, 5.41) is 13.9. The summed E-state index contributed by atoms with van der Waals surface area (Å²) in [5.41, 5.74) is 1.75. The Balaban J connectivity index is 1.60. The number of rotatable bonds is 20. The minimum absolute atomic E-state index is 0.107. The highest BCUT2D eigenvalue weighted by Gasteiger charge is 2.21. The molecule has 0 unspecified atom stereocenters. The van der Waals surface area contributed by atoms with Gasteiger partial charge in [0.05, 0.1) is 46.2 Å². The molecule has 0 saturated heterocycles. The van der Waals surface area contributed by atoms with Gasteiger partial charge in [0.25, 0.3) is 0 Å². The van der Waals surface area contributed by atoms with E-state index in [1.807, 2.05) is 60.7 Å². The van der Waals surface area contributed by atoms with Crippen LogP contribution >= 0.6 is 0 Å². The number of nitrogens with one attached hydrogen (secondary N) is 2. The zero-order valence-electron chi connectivity index (χ0n) is 21.3. The Kier molecular flexibility index (Phi) is 15.8. The molecule has 11 heteroatoms. The van der Waals surface area contributed by atoms with Crippen molar-refractivity contribution in [2.45, 2.75) is 19.1 Å². The molecule has 0 aromatic heterocycles. The van der Waals surface area contributed by atoms with E-state index >= 15 is 0 Å². The summed E-state index contributed by atoms with van der Waals surface area (Å²) in [6.07, 6.45) is -0.356. The highest BCUT2D eigenvalue weighted by Crippen LogP contribution is 2.05. The van der Waals surface area contributed by atoms with E-state index in [1.165, 1.54) is 0 Å². The van der Waals surface area contributed by atoms with E-state index in [0.29, 0.717) is 32.8 Å². The number of amides is 2. The fraction of sp³-hybridized carbons (Fsp3) is 0.444. The van der Waals surface area contributed by atoms with Gasteiger partial charge in [0.1, 0.15) is 19.3 Å². The maximum absolute atomic E-state index is 12.8. The molecule has 2 amide bonds. The first kappa shape index (κ1) is 30.7. The molecule has 1 atom stereocenters. The van der Waals surface area contributed by atoms with Gasteiger partial charge in [-0.3, -0.25) is 4.79 Å². The molecular weight excluding hydrogens is 496 g/mol. The molecule has 0 heterocycles. The molecule has 0 aliphatic carbocycles. The number of carboxylic acid groups (broad SMARTS) is 1. The topological polar surface area (TPSA) is 142 Å². The van der Waals surface area contributed by atoms with Crippen molar-refractivity contribution in [1.82, 2.24) is 10.6 Å². The normalized spacial score (nSPS) is 11.5. The minimum Gasteiger partial charge on any atom is -0.480 e. The SMILES string of the molecule is O=C(O)COCCOCCOCCOCCNC(=O)[C@H](Cc1ccccc1)NC(=O)OCc1ccccc1. The van der Waals surface area contributed by atoms with Crippen LogP contribution in [0.5, 0.6) is 0 Å². The van der Waals surface area contributed by atoms with Crippen molar-refractivity contribution in [3.05, 3.63) is 71.8 Å². The van der Waals surface area contributed by atoms with Crippen LogP contribution in [0.3, 0.4) is 0 Å². The predicted molar refractivity (Wildman–Crippen MR) is 138 cm³/mol. The van der Waals surface area contributed by atoms with Crippen LogP contribution in [-0.4, -0.2) is 88.5 Å². The average Bonchev–Trinajstić information content (AvgIpc) is 2.92. The van der Waals surface area contributed by atoms with Crippen LogP contribution in [0.4, 0.5) is 4.79 Å². The average molecular weight is 533 g/mol. The van der Waals surface area contributed by atoms with Crippen LogP contribution < -0.4 is 10.6 Å². The summed E-state index contributed by atoms with van der Waals surface area (Å²) in [5.74, 6) is -1.36. The van der Waals surface area contributed by atoms with Crippen molar-refractivity contribution < 1.29 is 43.2 Å². The molecule has 11 nitrogen and oxygen atoms in total. The van der Waals surface area contributed by atoms with Crippen LogP contribution in [0.25, 0.3) is 0 Å². The number of ether oxygens (including phenoxy) is 5. The lowest BCUT2D eigenvalue weighted by atomic mass is 10.1. The third kappa shape index (κ3) is 14.9. The van der Waals surface area contributed by atoms with Crippen LogP contribution in [0.15, 0.2) is 60.7 Å². The summed E-state index contributed by atoms with van der Waals surface area (Å²) in [7, 11) is 0. The molecule has 38 heavy (non-hydrogen) atoms.